The second-order valence-electron chi connectivity index (χ2n) is 5.60. The molecule has 0 radical (unpaired) electrons. The van der Waals surface area contributed by atoms with Crippen LogP contribution in [0.15, 0.2) is 84.2 Å². The van der Waals surface area contributed by atoms with Crippen LogP contribution in [0.5, 0.6) is 0 Å². The van der Waals surface area contributed by atoms with Crippen molar-refractivity contribution in [1.82, 2.24) is 15.2 Å². The number of rotatable bonds is 7. The van der Waals surface area contributed by atoms with Gasteiger partial charge in [-0.1, -0.05) is 60.7 Å². The molecule has 126 valence electrons. The Morgan fingerprint density at radius 3 is 2.16 bits per heavy atom. The number of hydrogen-bond acceptors (Lipinski definition) is 3. The molecule has 5 heteroatoms. The molecule has 3 aromatic rings. The van der Waals surface area contributed by atoms with Crippen LogP contribution in [0.1, 0.15) is 24.0 Å². The molecule has 1 heterocycles. The van der Waals surface area contributed by atoms with Crippen LogP contribution in [0.2, 0.25) is 0 Å². The third-order valence-electron chi connectivity index (χ3n) is 3.74. The average Bonchev–Trinajstić information content (AvgIpc) is 3.17. The molecule has 1 aromatic heterocycles. The Labute approximate surface area is 147 Å². The fourth-order valence-electron chi connectivity index (χ4n) is 2.50. The Hall–Kier alpha value is -3.21. The van der Waals surface area contributed by atoms with E-state index in [0.717, 1.165) is 23.3 Å². The summed E-state index contributed by atoms with van der Waals surface area (Å²) >= 11 is 0. The molecule has 2 aromatic carbocycles. The maximum atomic E-state index is 12.1. The number of carbonyl (C=O) groups is 1. The minimum Gasteiger partial charge on any atom is -0.273 e. The molecule has 0 unspecified atom stereocenters. The summed E-state index contributed by atoms with van der Waals surface area (Å²) in [6, 6.07) is 21.5. The maximum absolute atomic E-state index is 12.1. The van der Waals surface area contributed by atoms with Crippen LogP contribution in [-0.4, -0.2) is 21.4 Å². The van der Waals surface area contributed by atoms with Gasteiger partial charge in [-0.3, -0.25) is 9.48 Å². The van der Waals surface area contributed by atoms with Gasteiger partial charge < -0.3 is 0 Å². The van der Waals surface area contributed by atoms with Crippen molar-refractivity contribution < 1.29 is 4.79 Å². The molecular weight excluding hydrogens is 312 g/mol. The molecule has 25 heavy (non-hydrogen) atoms. The van der Waals surface area contributed by atoms with Crippen LogP contribution in [0, 0.1) is 0 Å². The molecule has 0 bridgehead atoms. The highest BCUT2D eigenvalue weighted by Crippen LogP contribution is 2.10. The van der Waals surface area contributed by atoms with Crippen molar-refractivity contribution in [1.29, 1.82) is 0 Å². The van der Waals surface area contributed by atoms with Gasteiger partial charge in [0.1, 0.15) is 0 Å². The highest BCUT2D eigenvalue weighted by molar-refractivity contribution is 6.13. The summed E-state index contributed by atoms with van der Waals surface area (Å²) in [5.74, 6) is -0.100. The van der Waals surface area contributed by atoms with Gasteiger partial charge in [0.15, 0.2) is 0 Å². The molecule has 1 amide bonds. The van der Waals surface area contributed by atoms with Crippen LogP contribution in [0.25, 0.3) is 0 Å². The first-order valence-corrected chi connectivity index (χ1v) is 8.28. The van der Waals surface area contributed by atoms with E-state index in [0.29, 0.717) is 13.0 Å². The fraction of sp³-hybridized carbons (Fsp3) is 0.150. The summed E-state index contributed by atoms with van der Waals surface area (Å²) in [6.07, 6.45) is 4.74. The van der Waals surface area contributed by atoms with E-state index in [2.05, 4.69) is 15.6 Å². The van der Waals surface area contributed by atoms with E-state index < -0.39 is 0 Å². The van der Waals surface area contributed by atoms with Crippen LogP contribution >= 0.6 is 0 Å². The topological polar surface area (TPSA) is 59.3 Å². The first kappa shape index (κ1) is 16.6. The summed E-state index contributed by atoms with van der Waals surface area (Å²) in [5.41, 5.74) is 5.36. The van der Waals surface area contributed by atoms with Crippen molar-refractivity contribution in [3.63, 3.8) is 0 Å². The number of hydrogen-bond donors (Lipinski definition) is 1. The van der Waals surface area contributed by atoms with Crippen molar-refractivity contribution >= 4 is 11.6 Å². The lowest BCUT2D eigenvalue weighted by atomic mass is 10.0. The van der Waals surface area contributed by atoms with Crippen molar-refractivity contribution in [2.24, 2.45) is 5.10 Å². The summed E-state index contributed by atoms with van der Waals surface area (Å²) < 4.78 is 1.82. The third-order valence-corrected chi connectivity index (χ3v) is 3.74. The molecular formula is C20H20N4O. The van der Waals surface area contributed by atoms with E-state index in [9.17, 15) is 4.79 Å². The molecule has 0 saturated carbocycles. The third kappa shape index (κ3) is 4.88. The quantitative estimate of drug-likeness (QED) is 0.533. The molecule has 0 aliphatic carbocycles. The molecule has 0 saturated heterocycles. The van der Waals surface area contributed by atoms with Crippen LogP contribution < -0.4 is 5.43 Å². The zero-order valence-corrected chi connectivity index (χ0v) is 13.9. The molecule has 3 rings (SSSR count). The number of hydrazone groups is 1. The SMILES string of the molecule is O=C(CCCn1cccn1)NN=C(c1ccccc1)c1ccccc1. The van der Waals surface area contributed by atoms with Gasteiger partial charge in [0, 0.05) is 36.5 Å². The largest absolute Gasteiger partial charge is 0.273 e. The Morgan fingerprint density at radius 2 is 1.60 bits per heavy atom. The zero-order valence-electron chi connectivity index (χ0n) is 13.9. The zero-order chi connectivity index (χ0) is 17.3. The number of amides is 1. The summed E-state index contributed by atoms with van der Waals surface area (Å²) in [5, 5.41) is 8.50. The van der Waals surface area contributed by atoms with E-state index in [1.807, 2.05) is 77.6 Å². The first-order valence-electron chi connectivity index (χ1n) is 8.28. The lowest BCUT2D eigenvalue weighted by molar-refractivity contribution is -0.121. The predicted octanol–water partition coefficient (Wildman–Crippen LogP) is 3.23. The monoisotopic (exact) mass is 332 g/mol. The van der Waals surface area contributed by atoms with Crippen molar-refractivity contribution in [2.45, 2.75) is 19.4 Å². The standard InChI is InChI=1S/C20H20N4O/c25-19(13-7-15-24-16-8-14-21-24)22-23-20(17-9-3-1-4-10-17)18-11-5-2-6-12-18/h1-6,8-12,14,16H,7,13,15H2,(H,22,25). The average molecular weight is 332 g/mol. The smallest absolute Gasteiger partial charge is 0.240 e. The van der Waals surface area contributed by atoms with E-state index in [1.54, 1.807) is 6.20 Å². The Balaban J connectivity index is 1.65. The van der Waals surface area contributed by atoms with Gasteiger partial charge in [-0.15, -0.1) is 0 Å². The molecule has 0 fully saturated rings. The van der Waals surface area contributed by atoms with Gasteiger partial charge in [0.05, 0.1) is 5.71 Å². The number of carbonyl (C=O) groups excluding carboxylic acids is 1. The van der Waals surface area contributed by atoms with Crippen LogP contribution in [0.3, 0.4) is 0 Å². The molecule has 0 spiro atoms. The van der Waals surface area contributed by atoms with Gasteiger partial charge in [-0.05, 0) is 12.5 Å². The first-order chi connectivity index (χ1) is 12.3. The van der Waals surface area contributed by atoms with Gasteiger partial charge in [0.2, 0.25) is 5.91 Å². The summed E-state index contributed by atoms with van der Waals surface area (Å²) in [6.45, 7) is 0.717. The Bertz CT molecular complexity index is 770. The van der Waals surface area contributed by atoms with Gasteiger partial charge in [-0.25, -0.2) is 5.43 Å². The van der Waals surface area contributed by atoms with Gasteiger partial charge in [-0.2, -0.15) is 10.2 Å². The van der Waals surface area contributed by atoms with Crippen LogP contribution in [-0.2, 0) is 11.3 Å². The number of aryl methyl sites for hydroxylation is 1. The van der Waals surface area contributed by atoms with Crippen molar-refractivity contribution in [3.8, 4) is 0 Å². The van der Waals surface area contributed by atoms with Crippen molar-refractivity contribution in [3.05, 3.63) is 90.3 Å². The molecule has 0 aliphatic heterocycles. The number of aromatic nitrogens is 2. The van der Waals surface area contributed by atoms with Gasteiger partial charge >= 0.3 is 0 Å². The molecule has 0 aliphatic rings. The normalized spacial score (nSPS) is 10.2. The van der Waals surface area contributed by atoms with E-state index in [4.69, 9.17) is 0 Å². The second-order valence-corrected chi connectivity index (χ2v) is 5.60. The minimum atomic E-state index is -0.100. The molecule has 1 N–H and O–H groups in total. The predicted molar refractivity (Wildman–Crippen MR) is 98.1 cm³/mol. The van der Waals surface area contributed by atoms with Crippen LogP contribution in [0.4, 0.5) is 0 Å². The second kappa shape index (κ2) is 8.59. The highest BCUT2D eigenvalue weighted by atomic mass is 16.2. The lowest BCUT2D eigenvalue weighted by Gasteiger charge is -2.08. The van der Waals surface area contributed by atoms with Gasteiger partial charge in [0.25, 0.3) is 0 Å². The van der Waals surface area contributed by atoms with Crippen molar-refractivity contribution in [2.75, 3.05) is 0 Å². The molecule has 5 nitrogen and oxygen atoms in total. The number of nitrogens with zero attached hydrogens (tertiary/aromatic N) is 3. The summed E-state index contributed by atoms with van der Waals surface area (Å²) in [4.78, 5) is 12.1. The Kier molecular flexibility index (Phi) is 5.72. The highest BCUT2D eigenvalue weighted by Gasteiger charge is 2.08. The van der Waals surface area contributed by atoms with E-state index in [1.165, 1.54) is 0 Å². The Morgan fingerprint density at radius 1 is 0.960 bits per heavy atom. The van der Waals surface area contributed by atoms with E-state index >= 15 is 0 Å². The maximum Gasteiger partial charge on any atom is 0.240 e. The van der Waals surface area contributed by atoms with E-state index in [-0.39, 0.29) is 5.91 Å². The number of nitrogens with one attached hydrogen (secondary N) is 1. The minimum absolute atomic E-state index is 0.100. The lowest BCUT2D eigenvalue weighted by Crippen LogP contribution is -2.20. The fourth-order valence-corrected chi connectivity index (χ4v) is 2.50. The number of benzene rings is 2. The molecule has 0 atom stereocenters. The summed E-state index contributed by atoms with van der Waals surface area (Å²) in [7, 11) is 0.